The van der Waals surface area contributed by atoms with Gasteiger partial charge in [0.1, 0.15) is 11.6 Å². The van der Waals surface area contributed by atoms with Gasteiger partial charge >= 0.3 is 0 Å². The summed E-state index contributed by atoms with van der Waals surface area (Å²) in [5.41, 5.74) is 8.81. The van der Waals surface area contributed by atoms with Gasteiger partial charge < -0.3 is 25.7 Å². The maximum Gasteiger partial charge on any atom is 0.224 e. The number of methoxy groups -OCH3 is 1. The summed E-state index contributed by atoms with van der Waals surface area (Å²) < 4.78 is 5.28. The van der Waals surface area contributed by atoms with Gasteiger partial charge in [-0.05, 0) is 37.1 Å². The number of imidazole rings is 1. The van der Waals surface area contributed by atoms with Crippen LogP contribution in [0.3, 0.4) is 0 Å². The minimum absolute atomic E-state index is 0.142. The Labute approximate surface area is 191 Å². The van der Waals surface area contributed by atoms with E-state index in [1.165, 1.54) is 13.3 Å². The van der Waals surface area contributed by atoms with Crippen LogP contribution >= 0.6 is 0 Å². The SMILES string of the molecule is COc1ccccc1C(=O)c1cnc(NC2CCN(c3nc4ccccc4[nH]3)CC2)nc1N. The number of nitrogens with zero attached hydrogens (tertiary/aromatic N) is 4. The van der Waals surface area contributed by atoms with Gasteiger partial charge in [-0.25, -0.2) is 9.97 Å². The van der Waals surface area contributed by atoms with E-state index in [0.717, 1.165) is 42.9 Å². The fourth-order valence-electron chi connectivity index (χ4n) is 4.12. The Morgan fingerprint density at radius 3 is 2.61 bits per heavy atom. The van der Waals surface area contributed by atoms with Crippen molar-refractivity contribution in [2.45, 2.75) is 18.9 Å². The van der Waals surface area contributed by atoms with Crippen LogP contribution in [0.25, 0.3) is 11.0 Å². The normalized spacial score (nSPS) is 14.4. The smallest absolute Gasteiger partial charge is 0.224 e. The van der Waals surface area contributed by atoms with Crippen LogP contribution in [0.4, 0.5) is 17.7 Å². The first kappa shape index (κ1) is 20.7. The van der Waals surface area contributed by atoms with Gasteiger partial charge in [0.05, 0.1) is 29.3 Å². The molecule has 0 saturated carbocycles. The summed E-state index contributed by atoms with van der Waals surface area (Å²) >= 11 is 0. The zero-order valence-electron chi connectivity index (χ0n) is 18.3. The van der Waals surface area contributed by atoms with E-state index in [1.54, 1.807) is 18.2 Å². The van der Waals surface area contributed by atoms with Crippen LogP contribution in [0.2, 0.25) is 0 Å². The van der Waals surface area contributed by atoms with Crippen LogP contribution in [0, 0.1) is 0 Å². The molecule has 0 amide bonds. The molecule has 4 aromatic rings. The number of hydrogen-bond donors (Lipinski definition) is 3. The van der Waals surface area contributed by atoms with E-state index < -0.39 is 0 Å². The van der Waals surface area contributed by atoms with Crippen molar-refractivity contribution >= 4 is 34.5 Å². The lowest BCUT2D eigenvalue weighted by atomic mass is 10.0. The molecular weight excluding hydrogens is 418 g/mol. The molecule has 0 spiro atoms. The second-order valence-corrected chi connectivity index (χ2v) is 8.01. The van der Waals surface area contributed by atoms with E-state index >= 15 is 0 Å². The number of aromatic nitrogens is 4. The molecule has 4 N–H and O–H groups in total. The van der Waals surface area contributed by atoms with E-state index in [1.807, 2.05) is 30.3 Å². The number of piperidine rings is 1. The average Bonchev–Trinajstić information content (AvgIpc) is 3.28. The van der Waals surface area contributed by atoms with Crippen molar-refractivity contribution in [2.24, 2.45) is 0 Å². The highest BCUT2D eigenvalue weighted by molar-refractivity contribution is 6.13. The molecule has 0 unspecified atom stereocenters. The second-order valence-electron chi connectivity index (χ2n) is 8.01. The molecule has 0 atom stereocenters. The zero-order valence-corrected chi connectivity index (χ0v) is 18.3. The highest BCUT2D eigenvalue weighted by atomic mass is 16.5. The van der Waals surface area contributed by atoms with Crippen LogP contribution in [0.5, 0.6) is 5.75 Å². The topological polar surface area (TPSA) is 122 Å². The molecule has 0 aliphatic carbocycles. The Morgan fingerprint density at radius 1 is 1.09 bits per heavy atom. The van der Waals surface area contributed by atoms with Crippen LogP contribution in [0.1, 0.15) is 28.8 Å². The van der Waals surface area contributed by atoms with Gasteiger partial charge in [-0.1, -0.05) is 24.3 Å². The van der Waals surface area contributed by atoms with Crippen molar-refractivity contribution in [3.8, 4) is 5.75 Å². The minimum Gasteiger partial charge on any atom is -0.496 e. The van der Waals surface area contributed by atoms with Crippen molar-refractivity contribution in [3.63, 3.8) is 0 Å². The first-order valence-corrected chi connectivity index (χ1v) is 10.9. The molecule has 1 saturated heterocycles. The van der Waals surface area contributed by atoms with E-state index in [9.17, 15) is 4.79 Å². The lowest BCUT2D eigenvalue weighted by Crippen LogP contribution is -2.40. The summed E-state index contributed by atoms with van der Waals surface area (Å²) in [5, 5.41) is 3.35. The summed E-state index contributed by atoms with van der Waals surface area (Å²) in [5.74, 6) is 1.68. The van der Waals surface area contributed by atoms with E-state index in [0.29, 0.717) is 17.3 Å². The maximum atomic E-state index is 12.9. The molecule has 1 aliphatic heterocycles. The Kier molecular flexibility index (Phi) is 5.52. The predicted octanol–water partition coefficient (Wildman–Crippen LogP) is 3.26. The fraction of sp³-hybridized carbons (Fsp3) is 0.250. The number of ketones is 1. The van der Waals surface area contributed by atoms with Crippen molar-refractivity contribution in [2.75, 3.05) is 36.1 Å². The highest BCUT2D eigenvalue weighted by Crippen LogP contribution is 2.25. The number of ether oxygens (including phenoxy) is 1. The van der Waals surface area contributed by atoms with Crippen molar-refractivity contribution in [1.82, 2.24) is 19.9 Å². The van der Waals surface area contributed by atoms with Gasteiger partial charge in [0.25, 0.3) is 0 Å². The van der Waals surface area contributed by atoms with Crippen molar-refractivity contribution < 1.29 is 9.53 Å². The lowest BCUT2D eigenvalue weighted by molar-refractivity contribution is 0.103. The molecule has 2 aromatic carbocycles. The molecule has 168 valence electrons. The van der Waals surface area contributed by atoms with Gasteiger partial charge in [0.2, 0.25) is 17.7 Å². The third-order valence-electron chi connectivity index (χ3n) is 5.92. The molecule has 0 radical (unpaired) electrons. The number of carbonyl (C=O) groups excluding carboxylic acids is 1. The first-order valence-electron chi connectivity index (χ1n) is 10.9. The number of nitrogen functional groups attached to an aromatic ring is 1. The number of H-pyrrole nitrogens is 1. The van der Waals surface area contributed by atoms with Crippen LogP contribution in [-0.4, -0.2) is 52.0 Å². The summed E-state index contributed by atoms with van der Waals surface area (Å²) in [7, 11) is 1.53. The molecule has 1 fully saturated rings. The molecule has 33 heavy (non-hydrogen) atoms. The number of nitrogens with one attached hydrogen (secondary N) is 2. The molecule has 9 heteroatoms. The van der Waals surface area contributed by atoms with E-state index in [-0.39, 0.29) is 23.2 Å². The molecule has 2 aromatic heterocycles. The first-order chi connectivity index (χ1) is 16.1. The molecule has 0 bridgehead atoms. The number of nitrogens with two attached hydrogens (primary N) is 1. The average molecular weight is 444 g/mol. The van der Waals surface area contributed by atoms with E-state index in [2.05, 4.69) is 30.2 Å². The summed E-state index contributed by atoms with van der Waals surface area (Å²) in [6.45, 7) is 1.72. The van der Waals surface area contributed by atoms with Gasteiger partial charge in [-0.15, -0.1) is 0 Å². The van der Waals surface area contributed by atoms with Crippen molar-refractivity contribution in [3.05, 3.63) is 65.9 Å². The Morgan fingerprint density at radius 2 is 1.85 bits per heavy atom. The van der Waals surface area contributed by atoms with Gasteiger partial charge in [-0.2, -0.15) is 4.98 Å². The molecule has 1 aliphatic rings. The number of anilines is 3. The lowest BCUT2D eigenvalue weighted by Gasteiger charge is -2.32. The Balaban J connectivity index is 1.23. The van der Waals surface area contributed by atoms with Crippen LogP contribution in [0.15, 0.2) is 54.7 Å². The predicted molar refractivity (Wildman–Crippen MR) is 128 cm³/mol. The number of rotatable bonds is 6. The van der Waals surface area contributed by atoms with Crippen LogP contribution < -0.4 is 20.7 Å². The third kappa shape index (κ3) is 4.17. The minimum atomic E-state index is -0.268. The number of hydrogen-bond acceptors (Lipinski definition) is 8. The van der Waals surface area contributed by atoms with Gasteiger partial charge in [-0.3, -0.25) is 4.79 Å². The summed E-state index contributed by atoms with van der Waals surface area (Å²) in [6.07, 6.45) is 3.29. The monoisotopic (exact) mass is 443 g/mol. The summed E-state index contributed by atoms with van der Waals surface area (Å²) in [6, 6.07) is 15.3. The Bertz CT molecular complexity index is 1260. The largest absolute Gasteiger partial charge is 0.496 e. The number of aromatic amines is 1. The number of carbonyl (C=O) groups is 1. The van der Waals surface area contributed by atoms with Crippen LogP contribution in [-0.2, 0) is 0 Å². The zero-order chi connectivity index (χ0) is 22.8. The van der Waals surface area contributed by atoms with Gasteiger partial charge in [0.15, 0.2) is 0 Å². The van der Waals surface area contributed by atoms with E-state index in [4.69, 9.17) is 10.5 Å². The quantitative estimate of drug-likeness (QED) is 0.388. The molecule has 3 heterocycles. The number of fused-ring (bicyclic) bond motifs is 1. The Hall–Kier alpha value is -4.14. The molecular formula is C24H25N7O2. The maximum absolute atomic E-state index is 12.9. The van der Waals surface area contributed by atoms with Crippen molar-refractivity contribution in [1.29, 1.82) is 0 Å². The highest BCUT2D eigenvalue weighted by Gasteiger charge is 2.23. The molecule has 9 nitrogen and oxygen atoms in total. The second kappa shape index (κ2) is 8.78. The summed E-state index contributed by atoms with van der Waals surface area (Å²) in [4.78, 5) is 31.9. The standard InChI is InChI=1S/C24H25N7O2/c1-33-20-9-5-2-6-16(20)21(32)17-14-26-23(30-22(17)25)27-15-10-12-31(13-11-15)24-28-18-7-3-4-8-19(18)29-24/h2-9,14-15H,10-13H2,1H3,(H,28,29)(H3,25,26,27,30). The molecule has 5 rings (SSSR count). The third-order valence-corrected chi connectivity index (χ3v) is 5.92. The number of benzene rings is 2. The number of para-hydroxylation sites is 3. The fourth-order valence-corrected chi connectivity index (χ4v) is 4.12. The van der Waals surface area contributed by atoms with Gasteiger partial charge in [0, 0.05) is 25.3 Å².